The summed E-state index contributed by atoms with van der Waals surface area (Å²) in [5, 5.41) is 13.2. The zero-order valence-corrected chi connectivity index (χ0v) is 11.0. The number of aromatic nitrogens is 1. The summed E-state index contributed by atoms with van der Waals surface area (Å²) in [7, 11) is 0. The lowest BCUT2D eigenvalue weighted by molar-refractivity contribution is 0.169. The van der Waals surface area contributed by atoms with E-state index in [0.29, 0.717) is 18.8 Å². The average Bonchev–Trinajstić information content (AvgIpc) is 2.95. The number of hydrogen-bond acceptors (Lipinski definition) is 5. The van der Waals surface area contributed by atoms with E-state index in [-0.39, 0.29) is 6.79 Å². The van der Waals surface area contributed by atoms with Crippen molar-refractivity contribution >= 4 is 0 Å². The van der Waals surface area contributed by atoms with Gasteiger partial charge in [0.15, 0.2) is 11.5 Å². The molecule has 1 aromatic carbocycles. The molecule has 0 bridgehead atoms. The first-order valence-electron chi connectivity index (χ1n) is 6.51. The average molecular weight is 272 g/mol. The molecule has 1 atom stereocenters. The van der Waals surface area contributed by atoms with Crippen molar-refractivity contribution in [1.29, 1.82) is 0 Å². The summed E-state index contributed by atoms with van der Waals surface area (Å²) in [5.74, 6) is 1.55. The summed E-state index contributed by atoms with van der Waals surface area (Å²) in [4.78, 5) is 4.13. The molecule has 3 rings (SSSR count). The van der Waals surface area contributed by atoms with Gasteiger partial charge in [-0.25, -0.2) is 0 Å². The van der Waals surface area contributed by atoms with Crippen molar-refractivity contribution in [3.8, 4) is 11.5 Å². The van der Waals surface area contributed by atoms with Gasteiger partial charge in [0.2, 0.25) is 6.79 Å². The third kappa shape index (κ3) is 2.89. The zero-order valence-electron chi connectivity index (χ0n) is 11.0. The van der Waals surface area contributed by atoms with Gasteiger partial charge in [-0.3, -0.25) is 4.98 Å². The van der Waals surface area contributed by atoms with Gasteiger partial charge in [0.25, 0.3) is 0 Å². The van der Waals surface area contributed by atoms with E-state index in [9.17, 15) is 5.11 Å². The van der Waals surface area contributed by atoms with Crippen LogP contribution in [0, 0.1) is 0 Å². The Morgan fingerprint density at radius 3 is 2.95 bits per heavy atom. The Morgan fingerprint density at radius 1 is 1.20 bits per heavy atom. The number of fused-ring (bicyclic) bond motifs is 1. The molecule has 0 saturated carbocycles. The van der Waals surface area contributed by atoms with Crippen LogP contribution in [0.1, 0.15) is 17.4 Å². The monoisotopic (exact) mass is 272 g/mol. The molecule has 0 radical (unpaired) electrons. The Hall–Kier alpha value is -2.11. The van der Waals surface area contributed by atoms with Crippen LogP contribution < -0.4 is 14.8 Å². The standard InChI is InChI=1S/C15H16N2O3/c18-13(12-3-1-2-6-17-12)9-16-8-11-4-5-14-15(7-11)20-10-19-14/h1-7,13,16,18H,8-10H2. The van der Waals surface area contributed by atoms with Crippen molar-refractivity contribution < 1.29 is 14.6 Å². The van der Waals surface area contributed by atoms with Gasteiger partial charge in [-0.05, 0) is 29.8 Å². The Bertz CT molecular complexity index is 575. The van der Waals surface area contributed by atoms with Crippen molar-refractivity contribution in [2.24, 2.45) is 0 Å². The molecular weight excluding hydrogens is 256 g/mol. The number of rotatable bonds is 5. The van der Waals surface area contributed by atoms with Crippen LogP contribution in [0.25, 0.3) is 0 Å². The molecule has 104 valence electrons. The first kappa shape index (κ1) is 12.9. The third-order valence-corrected chi connectivity index (χ3v) is 3.13. The number of pyridine rings is 1. The lowest BCUT2D eigenvalue weighted by Gasteiger charge is -2.11. The summed E-state index contributed by atoms with van der Waals surface area (Å²) >= 11 is 0. The predicted molar refractivity (Wildman–Crippen MR) is 73.5 cm³/mol. The molecule has 20 heavy (non-hydrogen) atoms. The van der Waals surface area contributed by atoms with E-state index in [1.807, 2.05) is 36.4 Å². The topological polar surface area (TPSA) is 63.6 Å². The van der Waals surface area contributed by atoms with Crippen LogP contribution in [-0.4, -0.2) is 23.4 Å². The van der Waals surface area contributed by atoms with Gasteiger partial charge in [-0.2, -0.15) is 0 Å². The van der Waals surface area contributed by atoms with E-state index < -0.39 is 6.10 Å². The third-order valence-electron chi connectivity index (χ3n) is 3.13. The van der Waals surface area contributed by atoms with E-state index in [4.69, 9.17) is 9.47 Å². The summed E-state index contributed by atoms with van der Waals surface area (Å²) in [6.07, 6.45) is 1.07. The minimum Gasteiger partial charge on any atom is -0.454 e. The highest BCUT2D eigenvalue weighted by Gasteiger charge is 2.13. The second-order valence-electron chi connectivity index (χ2n) is 4.59. The number of benzene rings is 1. The van der Waals surface area contributed by atoms with E-state index >= 15 is 0 Å². The Labute approximate surface area is 117 Å². The fourth-order valence-corrected chi connectivity index (χ4v) is 2.08. The number of nitrogens with one attached hydrogen (secondary N) is 1. The number of hydrogen-bond donors (Lipinski definition) is 2. The van der Waals surface area contributed by atoms with E-state index in [1.54, 1.807) is 6.20 Å². The van der Waals surface area contributed by atoms with Crippen LogP contribution in [0.15, 0.2) is 42.6 Å². The first-order chi connectivity index (χ1) is 9.83. The van der Waals surface area contributed by atoms with Crippen LogP contribution in [0.2, 0.25) is 0 Å². The predicted octanol–water partition coefficient (Wildman–Crippen LogP) is 1.63. The molecule has 0 saturated heterocycles. The number of nitrogens with zero attached hydrogens (tertiary/aromatic N) is 1. The molecule has 5 heteroatoms. The first-order valence-corrected chi connectivity index (χ1v) is 6.51. The maximum atomic E-state index is 9.98. The van der Waals surface area contributed by atoms with Gasteiger partial charge < -0.3 is 19.9 Å². The smallest absolute Gasteiger partial charge is 0.231 e. The van der Waals surface area contributed by atoms with Gasteiger partial charge >= 0.3 is 0 Å². The number of aliphatic hydroxyl groups is 1. The molecule has 0 amide bonds. The van der Waals surface area contributed by atoms with Crippen LogP contribution in [0.5, 0.6) is 11.5 Å². The SMILES string of the molecule is OC(CNCc1ccc2c(c1)OCO2)c1ccccn1. The quantitative estimate of drug-likeness (QED) is 0.866. The molecule has 2 heterocycles. The molecule has 1 aromatic heterocycles. The highest BCUT2D eigenvalue weighted by Crippen LogP contribution is 2.32. The van der Waals surface area contributed by atoms with Crippen molar-refractivity contribution in [3.05, 3.63) is 53.9 Å². The molecule has 1 unspecified atom stereocenters. The van der Waals surface area contributed by atoms with E-state index in [2.05, 4.69) is 10.3 Å². The van der Waals surface area contributed by atoms with Crippen molar-refractivity contribution in [1.82, 2.24) is 10.3 Å². The van der Waals surface area contributed by atoms with Gasteiger partial charge in [0.1, 0.15) is 6.10 Å². The fraction of sp³-hybridized carbons (Fsp3) is 0.267. The molecule has 0 fully saturated rings. The van der Waals surface area contributed by atoms with Crippen molar-refractivity contribution in [3.63, 3.8) is 0 Å². The molecular formula is C15H16N2O3. The number of ether oxygens (including phenoxy) is 2. The molecule has 0 aliphatic carbocycles. The molecule has 1 aliphatic heterocycles. The minimum atomic E-state index is -0.606. The largest absolute Gasteiger partial charge is 0.454 e. The summed E-state index contributed by atoms with van der Waals surface area (Å²) in [5.41, 5.74) is 1.76. The normalized spacial score (nSPS) is 14.2. The fourth-order valence-electron chi connectivity index (χ4n) is 2.08. The highest BCUT2D eigenvalue weighted by atomic mass is 16.7. The van der Waals surface area contributed by atoms with Gasteiger partial charge in [0, 0.05) is 19.3 Å². The van der Waals surface area contributed by atoms with Crippen molar-refractivity contribution in [2.45, 2.75) is 12.6 Å². The Balaban J connectivity index is 1.53. The lowest BCUT2D eigenvalue weighted by Crippen LogP contribution is -2.21. The molecule has 2 aromatic rings. The van der Waals surface area contributed by atoms with Crippen LogP contribution in [0.4, 0.5) is 0 Å². The van der Waals surface area contributed by atoms with Crippen molar-refractivity contribution in [2.75, 3.05) is 13.3 Å². The molecule has 0 spiro atoms. The van der Waals surface area contributed by atoms with Crippen LogP contribution in [0.3, 0.4) is 0 Å². The summed E-state index contributed by atoms with van der Waals surface area (Å²) in [6.45, 7) is 1.39. The lowest BCUT2D eigenvalue weighted by atomic mass is 10.2. The van der Waals surface area contributed by atoms with Crippen LogP contribution in [-0.2, 0) is 6.54 Å². The zero-order chi connectivity index (χ0) is 13.8. The summed E-state index contributed by atoms with van der Waals surface area (Å²) in [6, 6.07) is 11.3. The molecule has 2 N–H and O–H groups in total. The van der Waals surface area contributed by atoms with Gasteiger partial charge in [-0.15, -0.1) is 0 Å². The van der Waals surface area contributed by atoms with Gasteiger partial charge in [-0.1, -0.05) is 12.1 Å². The number of aliphatic hydroxyl groups excluding tert-OH is 1. The van der Waals surface area contributed by atoms with Gasteiger partial charge in [0.05, 0.1) is 5.69 Å². The Kier molecular flexibility index (Phi) is 3.80. The van der Waals surface area contributed by atoms with E-state index in [1.165, 1.54) is 0 Å². The summed E-state index contributed by atoms with van der Waals surface area (Å²) < 4.78 is 10.6. The Morgan fingerprint density at radius 2 is 2.10 bits per heavy atom. The second kappa shape index (κ2) is 5.90. The minimum absolute atomic E-state index is 0.282. The maximum absolute atomic E-state index is 9.98. The van der Waals surface area contributed by atoms with E-state index in [0.717, 1.165) is 17.1 Å². The molecule has 1 aliphatic rings. The molecule has 5 nitrogen and oxygen atoms in total. The highest BCUT2D eigenvalue weighted by molar-refractivity contribution is 5.44. The van der Waals surface area contributed by atoms with Crippen LogP contribution >= 0.6 is 0 Å². The maximum Gasteiger partial charge on any atom is 0.231 e. The second-order valence-corrected chi connectivity index (χ2v) is 4.59.